The molecule has 2 aliphatic carbocycles. The molecule has 0 fully saturated rings. The fourth-order valence-corrected chi connectivity index (χ4v) is 2.09. The summed E-state index contributed by atoms with van der Waals surface area (Å²) in [6.07, 6.45) is 14.7. The molecule has 0 spiro atoms. The van der Waals surface area contributed by atoms with E-state index in [0.29, 0.717) is 11.8 Å². The molecule has 2 unspecified atom stereocenters. The molecule has 0 aliphatic heterocycles. The van der Waals surface area contributed by atoms with Crippen molar-refractivity contribution in [1.82, 2.24) is 10.2 Å². The van der Waals surface area contributed by atoms with Crippen LogP contribution in [-0.4, -0.2) is 10.2 Å². The van der Waals surface area contributed by atoms with E-state index in [2.05, 4.69) is 52.7 Å². The minimum atomic E-state index is 0.454. The number of nitrogens with zero attached hydrogens (tertiary/aromatic N) is 2. The first-order chi connectivity index (χ1) is 6.95. The summed E-state index contributed by atoms with van der Waals surface area (Å²) >= 11 is 0. The summed E-state index contributed by atoms with van der Waals surface area (Å²) in [5.41, 5.74) is 2.29. The molecule has 0 bridgehead atoms. The van der Waals surface area contributed by atoms with Crippen LogP contribution in [0.15, 0.2) is 42.6 Å². The van der Waals surface area contributed by atoms with E-state index in [9.17, 15) is 0 Å². The van der Waals surface area contributed by atoms with Gasteiger partial charge in [-0.05, 0) is 17.7 Å². The van der Waals surface area contributed by atoms with Crippen LogP contribution in [0.1, 0.15) is 17.2 Å². The topological polar surface area (TPSA) is 25.8 Å². The second kappa shape index (κ2) is 2.91. The smallest absolute Gasteiger partial charge is 0.0892 e. The van der Waals surface area contributed by atoms with E-state index in [0.717, 1.165) is 5.69 Å². The molecule has 2 heteroatoms. The van der Waals surface area contributed by atoms with Gasteiger partial charge in [0.05, 0.1) is 5.69 Å². The first kappa shape index (κ1) is 7.68. The molecule has 68 valence electrons. The van der Waals surface area contributed by atoms with Crippen molar-refractivity contribution >= 4 is 6.08 Å². The Kier molecular flexibility index (Phi) is 1.60. The predicted molar refractivity (Wildman–Crippen MR) is 55.6 cm³/mol. The van der Waals surface area contributed by atoms with Crippen molar-refractivity contribution in [2.24, 2.45) is 5.92 Å². The average Bonchev–Trinajstić information content (AvgIpc) is 2.29. The predicted octanol–water partition coefficient (Wildman–Crippen LogP) is 2.33. The standard InChI is InChI=1S/C12H10N2/c1-2-4-10-9(3-1)5-6-12-11(10)7-8-13-14-12/h1-10H. The molecule has 14 heavy (non-hydrogen) atoms. The van der Waals surface area contributed by atoms with E-state index in [1.54, 1.807) is 6.20 Å². The third kappa shape index (κ3) is 1.04. The van der Waals surface area contributed by atoms with Gasteiger partial charge in [-0.25, -0.2) is 0 Å². The molecule has 1 aromatic heterocycles. The van der Waals surface area contributed by atoms with Gasteiger partial charge in [0, 0.05) is 18.0 Å². The number of allylic oxidation sites excluding steroid dienone is 5. The van der Waals surface area contributed by atoms with Crippen molar-refractivity contribution in [3.63, 3.8) is 0 Å². The highest BCUT2D eigenvalue weighted by atomic mass is 15.1. The molecule has 0 radical (unpaired) electrons. The summed E-state index contributed by atoms with van der Waals surface area (Å²) in [5.74, 6) is 0.951. The Hall–Kier alpha value is -1.70. The molecule has 3 rings (SSSR count). The molecule has 2 atom stereocenters. The Labute approximate surface area is 82.7 Å². The van der Waals surface area contributed by atoms with Crippen molar-refractivity contribution in [1.29, 1.82) is 0 Å². The maximum atomic E-state index is 4.12. The maximum absolute atomic E-state index is 4.12. The Morgan fingerprint density at radius 2 is 2.00 bits per heavy atom. The third-order valence-corrected chi connectivity index (χ3v) is 2.79. The van der Waals surface area contributed by atoms with E-state index in [4.69, 9.17) is 0 Å². The van der Waals surface area contributed by atoms with Crippen LogP contribution >= 0.6 is 0 Å². The highest BCUT2D eigenvalue weighted by Crippen LogP contribution is 2.36. The van der Waals surface area contributed by atoms with E-state index < -0.39 is 0 Å². The zero-order valence-corrected chi connectivity index (χ0v) is 7.67. The van der Waals surface area contributed by atoms with Crippen LogP contribution in [0.2, 0.25) is 0 Å². The molecule has 0 N–H and O–H groups in total. The van der Waals surface area contributed by atoms with Gasteiger partial charge in [-0.2, -0.15) is 10.2 Å². The molecule has 0 aromatic carbocycles. The van der Waals surface area contributed by atoms with Crippen molar-refractivity contribution in [2.75, 3.05) is 0 Å². The van der Waals surface area contributed by atoms with Gasteiger partial charge < -0.3 is 0 Å². The number of hydrogen-bond acceptors (Lipinski definition) is 2. The molecular weight excluding hydrogens is 172 g/mol. The lowest BCUT2D eigenvalue weighted by atomic mass is 9.79. The van der Waals surface area contributed by atoms with Gasteiger partial charge in [0.15, 0.2) is 0 Å². The summed E-state index contributed by atoms with van der Waals surface area (Å²) in [4.78, 5) is 0. The van der Waals surface area contributed by atoms with E-state index >= 15 is 0 Å². The van der Waals surface area contributed by atoms with Crippen molar-refractivity contribution < 1.29 is 0 Å². The van der Waals surface area contributed by atoms with Gasteiger partial charge in [-0.15, -0.1) is 0 Å². The summed E-state index contributed by atoms with van der Waals surface area (Å²) in [6.45, 7) is 0. The van der Waals surface area contributed by atoms with Gasteiger partial charge in [0.25, 0.3) is 0 Å². The maximum Gasteiger partial charge on any atom is 0.0892 e. The van der Waals surface area contributed by atoms with Crippen molar-refractivity contribution in [2.45, 2.75) is 5.92 Å². The molecule has 2 aliphatic rings. The van der Waals surface area contributed by atoms with E-state index in [1.165, 1.54) is 5.56 Å². The first-order valence-electron chi connectivity index (χ1n) is 4.80. The zero-order chi connectivity index (χ0) is 9.38. The lowest BCUT2D eigenvalue weighted by molar-refractivity contribution is 0.682. The van der Waals surface area contributed by atoms with Gasteiger partial charge in [-0.3, -0.25) is 0 Å². The Balaban J connectivity index is 2.15. The van der Waals surface area contributed by atoms with Crippen molar-refractivity contribution in [3.8, 4) is 0 Å². The van der Waals surface area contributed by atoms with Gasteiger partial charge in [0.1, 0.15) is 0 Å². The minimum Gasteiger partial charge on any atom is -0.159 e. The molecule has 2 nitrogen and oxygen atoms in total. The highest BCUT2D eigenvalue weighted by Gasteiger charge is 2.24. The van der Waals surface area contributed by atoms with Gasteiger partial charge >= 0.3 is 0 Å². The lowest BCUT2D eigenvalue weighted by Gasteiger charge is -2.25. The normalized spacial score (nSPS) is 27.1. The summed E-state index contributed by atoms with van der Waals surface area (Å²) < 4.78 is 0. The average molecular weight is 182 g/mol. The van der Waals surface area contributed by atoms with Crippen molar-refractivity contribution in [3.05, 3.63) is 53.9 Å². The number of aromatic nitrogens is 2. The van der Waals surface area contributed by atoms with Gasteiger partial charge in [-0.1, -0.05) is 30.4 Å². The van der Waals surface area contributed by atoms with E-state index in [-0.39, 0.29) is 0 Å². The fraction of sp³-hybridized carbons (Fsp3) is 0.167. The molecule has 0 amide bonds. The number of fused-ring (bicyclic) bond motifs is 3. The summed E-state index contributed by atoms with van der Waals surface area (Å²) in [5, 5.41) is 8.01. The SMILES string of the molecule is C1=CC2C=Cc3nnccc3C2C=C1. The van der Waals surface area contributed by atoms with Crippen LogP contribution in [-0.2, 0) is 0 Å². The quantitative estimate of drug-likeness (QED) is 0.615. The second-order valence-electron chi connectivity index (χ2n) is 3.60. The number of hydrogen-bond donors (Lipinski definition) is 0. The van der Waals surface area contributed by atoms with Crippen LogP contribution < -0.4 is 0 Å². The molecule has 0 saturated carbocycles. The zero-order valence-electron chi connectivity index (χ0n) is 7.67. The monoisotopic (exact) mass is 182 g/mol. The Bertz CT molecular complexity index is 443. The lowest BCUT2D eigenvalue weighted by Crippen LogP contribution is -2.14. The third-order valence-electron chi connectivity index (χ3n) is 2.79. The fourth-order valence-electron chi connectivity index (χ4n) is 2.09. The van der Waals surface area contributed by atoms with Crippen LogP contribution in [0, 0.1) is 5.92 Å². The molecule has 0 saturated heterocycles. The van der Waals surface area contributed by atoms with E-state index in [1.807, 2.05) is 0 Å². The molecular formula is C12H10N2. The summed E-state index contributed by atoms with van der Waals surface area (Å²) in [6, 6.07) is 2.06. The molecule has 1 heterocycles. The van der Waals surface area contributed by atoms with Crippen LogP contribution in [0.25, 0.3) is 6.08 Å². The molecule has 1 aromatic rings. The van der Waals surface area contributed by atoms with Gasteiger partial charge in [0.2, 0.25) is 0 Å². The first-order valence-corrected chi connectivity index (χ1v) is 4.80. The van der Waals surface area contributed by atoms with Crippen LogP contribution in [0.3, 0.4) is 0 Å². The Morgan fingerprint density at radius 3 is 3.00 bits per heavy atom. The minimum absolute atomic E-state index is 0.454. The van der Waals surface area contributed by atoms with Crippen LogP contribution in [0.5, 0.6) is 0 Å². The van der Waals surface area contributed by atoms with Crippen LogP contribution in [0.4, 0.5) is 0 Å². The largest absolute Gasteiger partial charge is 0.159 e. The summed E-state index contributed by atoms with van der Waals surface area (Å²) in [7, 11) is 0. The second-order valence-corrected chi connectivity index (χ2v) is 3.60. The highest BCUT2D eigenvalue weighted by molar-refractivity contribution is 5.56. The number of rotatable bonds is 0. The Morgan fingerprint density at radius 1 is 1.07 bits per heavy atom.